The molecule has 0 radical (unpaired) electrons. The first-order valence-corrected chi connectivity index (χ1v) is 4.54. The van der Waals surface area contributed by atoms with Crippen molar-refractivity contribution in [1.82, 2.24) is 4.98 Å². The third kappa shape index (κ3) is 1.86. The summed E-state index contributed by atoms with van der Waals surface area (Å²) >= 11 is 0. The van der Waals surface area contributed by atoms with E-state index in [1.165, 1.54) is 0 Å². The molecule has 1 heterocycles. The molecule has 0 unspecified atom stereocenters. The van der Waals surface area contributed by atoms with Crippen LogP contribution in [0.25, 0.3) is 11.1 Å². The van der Waals surface area contributed by atoms with Gasteiger partial charge in [-0.15, -0.1) is 0 Å². The lowest BCUT2D eigenvalue weighted by Crippen LogP contribution is -1.91. The maximum absolute atomic E-state index is 13.3. The number of benzene rings is 1. The second kappa shape index (κ2) is 3.77. The summed E-state index contributed by atoms with van der Waals surface area (Å²) in [6.07, 6.45) is 2.02. The maximum Gasteiger partial charge on any atom is 0.152 e. The lowest BCUT2D eigenvalue weighted by molar-refractivity contribution is 0.579. The van der Waals surface area contributed by atoms with Gasteiger partial charge in [-0.05, 0) is 12.5 Å². The van der Waals surface area contributed by atoms with Crippen LogP contribution < -0.4 is 0 Å². The zero-order valence-corrected chi connectivity index (χ0v) is 8.17. The zero-order valence-electron chi connectivity index (χ0n) is 8.17. The van der Waals surface area contributed by atoms with Gasteiger partial charge in [0.15, 0.2) is 11.6 Å². The Morgan fingerprint density at radius 2 is 1.47 bits per heavy atom. The Balaban J connectivity index is 2.58. The van der Waals surface area contributed by atoms with Crippen LogP contribution >= 0.6 is 0 Å². The van der Waals surface area contributed by atoms with Gasteiger partial charge in [0, 0.05) is 0 Å². The summed E-state index contributed by atoms with van der Waals surface area (Å²) in [6, 6.07) is 7.01. The molecule has 15 heavy (non-hydrogen) atoms. The van der Waals surface area contributed by atoms with Crippen LogP contribution in [0, 0.1) is 18.6 Å². The highest BCUT2D eigenvalue weighted by atomic mass is 19.1. The summed E-state index contributed by atoms with van der Waals surface area (Å²) in [5, 5.41) is 0. The molecule has 0 aliphatic rings. The van der Waals surface area contributed by atoms with E-state index in [0.717, 1.165) is 18.0 Å². The first-order valence-electron chi connectivity index (χ1n) is 4.54. The minimum absolute atomic E-state index is 0.0231. The van der Waals surface area contributed by atoms with Gasteiger partial charge in [0.1, 0.15) is 0 Å². The SMILES string of the molecule is Cc1ccc(-c2c(F)cncc2F)cc1. The molecule has 0 saturated carbocycles. The molecule has 0 saturated heterocycles. The molecule has 0 atom stereocenters. The van der Waals surface area contributed by atoms with E-state index < -0.39 is 11.6 Å². The lowest BCUT2D eigenvalue weighted by Gasteiger charge is -2.04. The third-order valence-corrected chi connectivity index (χ3v) is 2.19. The minimum atomic E-state index is -0.640. The van der Waals surface area contributed by atoms with Gasteiger partial charge in [-0.3, -0.25) is 4.98 Å². The minimum Gasteiger partial charge on any atom is -0.259 e. The van der Waals surface area contributed by atoms with Crippen LogP contribution in [0.1, 0.15) is 5.56 Å². The van der Waals surface area contributed by atoms with Crippen molar-refractivity contribution in [3.63, 3.8) is 0 Å². The number of hydrogen-bond donors (Lipinski definition) is 0. The van der Waals surface area contributed by atoms with E-state index in [-0.39, 0.29) is 5.56 Å². The van der Waals surface area contributed by atoms with E-state index in [4.69, 9.17) is 0 Å². The van der Waals surface area contributed by atoms with Crippen molar-refractivity contribution >= 4 is 0 Å². The second-order valence-electron chi connectivity index (χ2n) is 3.34. The highest BCUT2D eigenvalue weighted by molar-refractivity contribution is 5.64. The lowest BCUT2D eigenvalue weighted by atomic mass is 10.0. The Morgan fingerprint density at radius 1 is 0.933 bits per heavy atom. The average molecular weight is 205 g/mol. The number of rotatable bonds is 1. The monoisotopic (exact) mass is 205 g/mol. The van der Waals surface area contributed by atoms with E-state index in [0.29, 0.717) is 5.56 Å². The highest BCUT2D eigenvalue weighted by Crippen LogP contribution is 2.24. The summed E-state index contributed by atoms with van der Waals surface area (Å²) in [7, 11) is 0. The second-order valence-corrected chi connectivity index (χ2v) is 3.34. The van der Waals surface area contributed by atoms with Gasteiger partial charge in [0.05, 0.1) is 18.0 Å². The molecule has 0 aliphatic carbocycles. The van der Waals surface area contributed by atoms with E-state index in [2.05, 4.69) is 4.98 Å². The Kier molecular flexibility index (Phi) is 2.46. The van der Waals surface area contributed by atoms with Gasteiger partial charge in [0.2, 0.25) is 0 Å². The van der Waals surface area contributed by atoms with Crippen LogP contribution in [0.3, 0.4) is 0 Å². The smallest absolute Gasteiger partial charge is 0.152 e. The molecule has 0 bridgehead atoms. The Bertz CT molecular complexity index is 457. The molecule has 0 fully saturated rings. The molecule has 0 amide bonds. The van der Waals surface area contributed by atoms with Crippen LogP contribution in [0.5, 0.6) is 0 Å². The van der Waals surface area contributed by atoms with Crippen molar-refractivity contribution in [3.05, 3.63) is 53.9 Å². The molecule has 3 heteroatoms. The maximum atomic E-state index is 13.3. The van der Waals surface area contributed by atoms with Crippen LogP contribution in [0.4, 0.5) is 8.78 Å². The standard InChI is InChI=1S/C12H9F2N/c1-8-2-4-9(5-3-8)12-10(13)6-15-7-11(12)14/h2-7H,1H3. The molecule has 0 spiro atoms. The van der Waals surface area contributed by atoms with Crippen LogP contribution in [0.15, 0.2) is 36.7 Å². The molecule has 0 aliphatic heterocycles. The Morgan fingerprint density at radius 3 is 2.00 bits per heavy atom. The summed E-state index contributed by atoms with van der Waals surface area (Å²) in [6.45, 7) is 1.92. The van der Waals surface area contributed by atoms with Crippen molar-refractivity contribution in [2.75, 3.05) is 0 Å². The van der Waals surface area contributed by atoms with Gasteiger partial charge in [0.25, 0.3) is 0 Å². The molecule has 0 N–H and O–H groups in total. The van der Waals surface area contributed by atoms with Crippen LogP contribution in [0.2, 0.25) is 0 Å². The van der Waals surface area contributed by atoms with Crippen LogP contribution in [-0.4, -0.2) is 4.98 Å². The summed E-state index contributed by atoms with van der Waals surface area (Å²) in [4.78, 5) is 3.44. The average Bonchev–Trinajstić information content (AvgIpc) is 2.20. The molecule has 2 aromatic rings. The zero-order chi connectivity index (χ0) is 10.8. The number of halogens is 2. The topological polar surface area (TPSA) is 12.9 Å². The summed E-state index contributed by atoms with van der Waals surface area (Å²) in [5.41, 5.74) is 1.55. The third-order valence-electron chi connectivity index (χ3n) is 2.19. The largest absolute Gasteiger partial charge is 0.259 e. The van der Waals surface area contributed by atoms with Gasteiger partial charge in [-0.25, -0.2) is 8.78 Å². The number of pyridine rings is 1. The highest BCUT2D eigenvalue weighted by Gasteiger charge is 2.10. The number of hydrogen-bond acceptors (Lipinski definition) is 1. The fraction of sp³-hybridized carbons (Fsp3) is 0.0833. The predicted octanol–water partition coefficient (Wildman–Crippen LogP) is 3.34. The van der Waals surface area contributed by atoms with Gasteiger partial charge >= 0.3 is 0 Å². The quantitative estimate of drug-likeness (QED) is 0.695. The molecule has 1 aromatic heterocycles. The summed E-state index contributed by atoms with van der Waals surface area (Å²) in [5.74, 6) is -1.28. The predicted molar refractivity (Wildman–Crippen MR) is 54.3 cm³/mol. The molecule has 2 rings (SSSR count). The van der Waals surface area contributed by atoms with E-state index in [1.54, 1.807) is 12.1 Å². The van der Waals surface area contributed by atoms with Crippen molar-refractivity contribution in [3.8, 4) is 11.1 Å². The number of aromatic nitrogens is 1. The molecule has 76 valence electrons. The Labute approximate surface area is 86.4 Å². The van der Waals surface area contributed by atoms with Crippen LogP contribution in [-0.2, 0) is 0 Å². The van der Waals surface area contributed by atoms with E-state index >= 15 is 0 Å². The molecule has 1 nitrogen and oxygen atoms in total. The molecule has 1 aromatic carbocycles. The van der Waals surface area contributed by atoms with Gasteiger partial charge < -0.3 is 0 Å². The van der Waals surface area contributed by atoms with Crippen molar-refractivity contribution < 1.29 is 8.78 Å². The first-order chi connectivity index (χ1) is 7.18. The fourth-order valence-electron chi connectivity index (χ4n) is 1.41. The van der Waals surface area contributed by atoms with Crippen molar-refractivity contribution in [2.24, 2.45) is 0 Å². The van der Waals surface area contributed by atoms with E-state index in [1.807, 2.05) is 19.1 Å². The first kappa shape index (κ1) is 9.77. The van der Waals surface area contributed by atoms with Crippen molar-refractivity contribution in [2.45, 2.75) is 6.92 Å². The fourth-order valence-corrected chi connectivity index (χ4v) is 1.41. The Hall–Kier alpha value is -1.77. The van der Waals surface area contributed by atoms with Gasteiger partial charge in [-0.1, -0.05) is 29.8 Å². The number of aryl methyl sites for hydroxylation is 1. The molecular formula is C12H9F2N. The normalized spacial score (nSPS) is 10.3. The van der Waals surface area contributed by atoms with Crippen molar-refractivity contribution in [1.29, 1.82) is 0 Å². The van der Waals surface area contributed by atoms with E-state index in [9.17, 15) is 8.78 Å². The number of nitrogens with zero attached hydrogens (tertiary/aromatic N) is 1. The summed E-state index contributed by atoms with van der Waals surface area (Å²) < 4.78 is 26.7. The van der Waals surface area contributed by atoms with Gasteiger partial charge in [-0.2, -0.15) is 0 Å². The molecular weight excluding hydrogens is 196 g/mol.